The summed E-state index contributed by atoms with van der Waals surface area (Å²) in [5.74, 6) is -1.18. The first-order valence-electron chi connectivity index (χ1n) is 4.70. The Morgan fingerprint density at radius 3 is 2.44 bits per heavy atom. The molecule has 0 saturated carbocycles. The van der Waals surface area contributed by atoms with E-state index in [4.69, 9.17) is 5.73 Å². The largest absolute Gasteiger partial charge is 0.385 e. The summed E-state index contributed by atoms with van der Waals surface area (Å²) < 4.78 is 0. The predicted molar refractivity (Wildman–Crippen MR) is 56.6 cm³/mol. The van der Waals surface area contributed by atoms with Gasteiger partial charge in [0.15, 0.2) is 11.9 Å². The van der Waals surface area contributed by atoms with Crippen LogP contribution in [0.5, 0.6) is 0 Å². The van der Waals surface area contributed by atoms with E-state index in [-0.39, 0.29) is 11.3 Å². The highest BCUT2D eigenvalue weighted by Gasteiger charge is 2.23. The Bertz CT molecular complexity index is 416. The first-order chi connectivity index (χ1) is 7.43. The van der Waals surface area contributed by atoms with Crippen LogP contribution < -0.4 is 5.73 Å². The molecule has 1 aromatic rings. The van der Waals surface area contributed by atoms with Crippen molar-refractivity contribution in [1.82, 2.24) is 0 Å². The van der Waals surface area contributed by atoms with Gasteiger partial charge in [-0.25, -0.2) is 0 Å². The number of Topliss-reactive ketones (excluding diaryl/α,β-unsaturated/α-hetero) is 1. The Hall–Kier alpha value is -1.72. The summed E-state index contributed by atoms with van der Waals surface area (Å²) in [6, 6.07) is 6.06. The molecule has 0 radical (unpaired) electrons. The van der Waals surface area contributed by atoms with Gasteiger partial charge in [0.05, 0.1) is 0 Å². The van der Waals surface area contributed by atoms with Crippen LogP contribution in [0.4, 0.5) is 0 Å². The lowest BCUT2D eigenvalue weighted by molar-refractivity contribution is -0.131. The van der Waals surface area contributed by atoms with Crippen LogP contribution >= 0.6 is 0 Å². The minimum absolute atomic E-state index is 0.164. The SMILES string of the molecule is CC(=O)c1cccc(C(O)C(O)C(N)=O)c1. The molecule has 0 heterocycles. The Balaban J connectivity index is 3.00. The van der Waals surface area contributed by atoms with Crippen molar-refractivity contribution in [2.75, 3.05) is 0 Å². The normalized spacial score (nSPS) is 14.2. The lowest BCUT2D eigenvalue weighted by Gasteiger charge is -2.15. The molecule has 1 rings (SSSR count). The summed E-state index contributed by atoms with van der Waals surface area (Å²) in [5, 5.41) is 18.9. The van der Waals surface area contributed by atoms with Crippen molar-refractivity contribution in [3.8, 4) is 0 Å². The molecule has 86 valence electrons. The van der Waals surface area contributed by atoms with Crippen LogP contribution in [-0.2, 0) is 4.79 Å². The molecule has 0 saturated heterocycles. The molecule has 0 aliphatic heterocycles. The van der Waals surface area contributed by atoms with Crippen molar-refractivity contribution in [3.63, 3.8) is 0 Å². The van der Waals surface area contributed by atoms with Crippen molar-refractivity contribution in [1.29, 1.82) is 0 Å². The fourth-order valence-electron chi connectivity index (χ4n) is 1.28. The lowest BCUT2D eigenvalue weighted by Crippen LogP contribution is -2.33. The summed E-state index contributed by atoms with van der Waals surface area (Å²) in [6.07, 6.45) is -3.10. The molecule has 0 aliphatic rings. The van der Waals surface area contributed by atoms with Gasteiger partial charge in [0.1, 0.15) is 6.10 Å². The van der Waals surface area contributed by atoms with Gasteiger partial charge < -0.3 is 15.9 Å². The predicted octanol–water partition coefficient (Wildman–Crippen LogP) is -0.231. The lowest BCUT2D eigenvalue weighted by atomic mass is 10.0. The Labute approximate surface area is 92.5 Å². The van der Waals surface area contributed by atoms with Crippen LogP contribution in [-0.4, -0.2) is 28.0 Å². The molecule has 0 bridgehead atoms. The molecule has 1 aromatic carbocycles. The number of rotatable bonds is 4. The van der Waals surface area contributed by atoms with Crippen LogP contribution in [0.2, 0.25) is 0 Å². The smallest absolute Gasteiger partial charge is 0.249 e. The van der Waals surface area contributed by atoms with E-state index in [0.29, 0.717) is 5.56 Å². The zero-order valence-corrected chi connectivity index (χ0v) is 8.75. The maximum atomic E-state index is 11.1. The molecule has 2 atom stereocenters. The molecule has 2 unspecified atom stereocenters. The van der Waals surface area contributed by atoms with E-state index < -0.39 is 18.1 Å². The van der Waals surface area contributed by atoms with E-state index in [1.165, 1.54) is 19.1 Å². The van der Waals surface area contributed by atoms with E-state index in [1.54, 1.807) is 12.1 Å². The molecule has 0 aliphatic carbocycles. The average molecular weight is 223 g/mol. The first kappa shape index (κ1) is 12.4. The van der Waals surface area contributed by atoms with E-state index in [9.17, 15) is 19.8 Å². The van der Waals surface area contributed by atoms with Gasteiger partial charge in [-0.15, -0.1) is 0 Å². The molecular formula is C11H13NO4. The highest BCUT2D eigenvalue weighted by Crippen LogP contribution is 2.18. The van der Waals surface area contributed by atoms with Crippen LogP contribution in [0.15, 0.2) is 24.3 Å². The zero-order valence-electron chi connectivity index (χ0n) is 8.75. The van der Waals surface area contributed by atoms with Gasteiger partial charge in [-0.05, 0) is 18.6 Å². The number of hydrogen-bond acceptors (Lipinski definition) is 4. The van der Waals surface area contributed by atoms with E-state index in [0.717, 1.165) is 0 Å². The van der Waals surface area contributed by atoms with Gasteiger partial charge in [0.2, 0.25) is 5.91 Å². The second-order valence-electron chi connectivity index (χ2n) is 3.47. The number of primary amides is 1. The minimum Gasteiger partial charge on any atom is -0.385 e. The van der Waals surface area contributed by atoms with Crippen LogP contribution in [0.1, 0.15) is 28.9 Å². The third-order valence-electron chi connectivity index (χ3n) is 2.23. The van der Waals surface area contributed by atoms with Gasteiger partial charge >= 0.3 is 0 Å². The van der Waals surface area contributed by atoms with Gasteiger partial charge in [0, 0.05) is 5.56 Å². The van der Waals surface area contributed by atoms with Crippen molar-refractivity contribution in [3.05, 3.63) is 35.4 Å². The third kappa shape index (κ3) is 2.65. The van der Waals surface area contributed by atoms with Crippen LogP contribution in [0, 0.1) is 0 Å². The standard InChI is InChI=1S/C11H13NO4/c1-6(13)7-3-2-4-8(5-7)9(14)10(15)11(12)16/h2-5,9-10,14-15H,1H3,(H2,12,16). The highest BCUT2D eigenvalue weighted by molar-refractivity contribution is 5.94. The molecule has 0 aromatic heterocycles. The van der Waals surface area contributed by atoms with Crippen molar-refractivity contribution < 1.29 is 19.8 Å². The topological polar surface area (TPSA) is 101 Å². The quantitative estimate of drug-likeness (QED) is 0.613. The number of hydrogen-bond donors (Lipinski definition) is 3. The van der Waals surface area contributed by atoms with Crippen molar-refractivity contribution in [2.45, 2.75) is 19.1 Å². The molecule has 4 N–H and O–H groups in total. The van der Waals surface area contributed by atoms with Gasteiger partial charge in [-0.1, -0.05) is 18.2 Å². The van der Waals surface area contributed by atoms with E-state index in [2.05, 4.69) is 0 Å². The summed E-state index contributed by atoms with van der Waals surface area (Å²) >= 11 is 0. The second-order valence-corrected chi connectivity index (χ2v) is 3.47. The molecule has 16 heavy (non-hydrogen) atoms. The maximum Gasteiger partial charge on any atom is 0.249 e. The van der Waals surface area contributed by atoms with Crippen LogP contribution in [0.25, 0.3) is 0 Å². The molecule has 5 heteroatoms. The van der Waals surface area contributed by atoms with Gasteiger partial charge in [-0.3, -0.25) is 9.59 Å². The van der Waals surface area contributed by atoms with Crippen molar-refractivity contribution >= 4 is 11.7 Å². The number of ketones is 1. The number of benzene rings is 1. The molecule has 1 amide bonds. The van der Waals surface area contributed by atoms with E-state index >= 15 is 0 Å². The molecule has 5 nitrogen and oxygen atoms in total. The Kier molecular flexibility index (Phi) is 3.76. The number of amides is 1. The third-order valence-corrected chi connectivity index (χ3v) is 2.23. The number of carbonyl (C=O) groups is 2. The number of aliphatic hydroxyl groups excluding tert-OH is 2. The van der Waals surface area contributed by atoms with Gasteiger partial charge in [-0.2, -0.15) is 0 Å². The maximum absolute atomic E-state index is 11.1. The summed E-state index contributed by atoms with van der Waals surface area (Å²) in [7, 11) is 0. The van der Waals surface area contributed by atoms with Crippen molar-refractivity contribution in [2.24, 2.45) is 5.73 Å². The number of carbonyl (C=O) groups excluding carboxylic acids is 2. The molecular weight excluding hydrogens is 210 g/mol. The first-order valence-corrected chi connectivity index (χ1v) is 4.70. The fourth-order valence-corrected chi connectivity index (χ4v) is 1.28. The average Bonchev–Trinajstić information content (AvgIpc) is 2.27. The Morgan fingerprint density at radius 1 is 1.31 bits per heavy atom. The summed E-state index contributed by atoms with van der Waals surface area (Å²) in [4.78, 5) is 21.8. The monoisotopic (exact) mass is 223 g/mol. The highest BCUT2D eigenvalue weighted by atomic mass is 16.3. The minimum atomic E-state index is -1.68. The second kappa shape index (κ2) is 4.87. The van der Waals surface area contributed by atoms with Crippen LogP contribution in [0.3, 0.4) is 0 Å². The summed E-state index contributed by atoms with van der Waals surface area (Å²) in [6.45, 7) is 1.38. The summed E-state index contributed by atoms with van der Waals surface area (Å²) in [5.41, 5.74) is 5.53. The van der Waals surface area contributed by atoms with E-state index in [1.807, 2.05) is 0 Å². The Morgan fingerprint density at radius 2 is 1.94 bits per heavy atom. The fraction of sp³-hybridized carbons (Fsp3) is 0.273. The molecule has 0 spiro atoms. The zero-order chi connectivity index (χ0) is 12.3. The molecule has 0 fully saturated rings. The number of nitrogens with two attached hydrogens (primary N) is 1. The number of aliphatic hydroxyl groups is 2. The van der Waals surface area contributed by atoms with Gasteiger partial charge in [0.25, 0.3) is 0 Å².